The van der Waals surface area contributed by atoms with E-state index in [0.29, 0.717) is 22.8 Å². The van der Waals surface area contributed by atoms with Gasteiger partial charge in [-0.25, -0.2) is 14.0 Å². The van der Waals surface area contributed by atoms with Crippen LogP contribution in [0.25, 0.3) is 22.6 Å². The molecule has 0 fully saturated rings. The van der Waals surface area contributed by atoms with Gasteiger partial charge in [0.1, 0.15) is 17.3 Å². The van der Waals surface area contributed by atoms with Crippen LogP contribution >= 0.6 is 0 Å². The highest BCUT2D eigenvalue weighted by atomic mass is 19.1. The molecular weight excluding hydrogens is 471 g/mol. The first kappa shape index (κ1) is 22.6. The Kier molecular flexibility index (Phi) is 5.78. The normalized spacial score (nSPS) is 11.3. The molecule has 0 unspecified atom stereocenters. The molecule has 0 saturated heterocycles. The van der Waals surface area contributed by atoms with Crippen molar-refractivity contribution in [3.63, 3.8) is 0 Å². The van der Waals surface area contributed by atoms with E-state index < -0.39 is 4.92 Å². The van der Waals surface area contributed by atoms with E-state index >= 15 is 0 Å². The summed E-state index contributed by atoms with van der Waals surface area (Å²) in [4.78, 5) is 19.7. The van der Waals surface area contributed by atoms with Gasteiger partial charge in [0.15, 0.2) is 11.6 Å². The number of nitro benzene ring substituents is 1. The summed E-state index contributed by atoms with van der Waals surface area (Å²) in [5.41, 5.74) is 5.67. The molecule has 2 N–H and O–H groups in total. The van der Waals surface area contributed by atoms with Gasteiger partial charge in [-0.2, -0.15) is 10.1 Å². The third kappa shape index (κ3) is 4.57. The van der Waals surface area contributed by atoms with E-state index in [1.807, 2.05) is 13.8 Å². The first-order valence-corrected chi connectivity index (χ1v) is 10.6. The predicted molar refractivity (Wildman–Crippen MR) is 129 cm³/mol. The van der Waals surface area contributed by atoms with Crippen molar-refractivity contribution in [2.45, 2.75) is 13.8 Å². The lowest BCUT2D eigenvalue weighted by Gasteiger charge is -2.09. The van der Waals surface area contributed by atoms with Crippen LogP contribution in [0.15, 0.2) is 62.7 Å². The Balaban J connectivity index is 1.40. The SMILES string of the molecule is Cc1cc(-c2ccc(/C=N/Nc3nc4nonc4nc3Nc3ccc(F)cc3)o2)c([N+](=O)[O-])cc1C. The summed E-state index contributed by atoms with van der Waals surface area (Å²) >= 11 is 0. The van der Waals surface area contributed by atoms with Crippen LogP contribution in [0.1, 0.15) is 16.9 Å². The molecule has 0 aliphatic carbocycles. The fourth-order valence-electron chi connectivity index (χ4n) is 3.35. The molecule has 0 bridgehead atoms. The molecule has 0 aliphatic rings. The molecule has 0 saturated carbocycles. The van der Waals surface area contributed by atoms with E-state index in [-0.39, 0.29) is 34.4 Å². The Morgan fingerprint density at radius 2 is 1.69 bits per heavy atom. The molecule has 0 amide bonds. The van der Waals surface area contributed by atoms with Gasteiger partial charge in [-0.15, -0.1) is 0 Å². The summed E-state index contributed by atoms with van der Waals surface area (Å²) in [5, 5.41) is 26.0. The van der Waals surface area contributed by atoms with Gasteiger partial charge in [0.05, 0.1) is 16.7 Å². The topological polar surface area (TPSA) is 157 Å². The highest BCUT2D eigenvalue weighted by Gasteiger charge is 2.19. The molecule has 12 nitrogen and oxygen atoms in total. The summed E-state index contributed by atoms with van der Waals surface area (Å²) in [7, 11) is 0. The average molecular weight is 488 g/mol. The third-order valence-electron chi connectivity index (χ3n) is 5.28. The largest absolute Gasteiger partial charge is 0.455 e. The van der Waals surface area contributed by atoms with Gasteiger partial charge in [-0.1, -0.05) is 0 Å². The average Bonchev–Trinajstić information content (AvgIpc) is 3.51. The minimum absolute atomic E-state index is 0.0460. The standard InChI is InChI=1S/C23H17FN8O4/c1-12-9-17(18(32(33)34)10-13(12)2)19-8-7-16(35-19)11-25-29-21-20(26-15-5-3-14(24)4-6-15)27-22-23(28-21)31-36-30-22/h3-11H,1-2H3,(H,26,27,30)(H,28,29,31)/b25-11+. The van der Waals surface area contributed by atoms with Gasteiger partial charge < -0.3 is 9.73 Å². The van der Waals surface area contributed by atoms with Gasteiger partial charge in [0.25, 0.3) is 5.69 Å². The number of aryl methyl sites for hydroxylation is 2. The number of furan rings is 1. The molecule has 2 aromatic carbocycles. The number of nitro groups is 1. The number of fused-ring (bicyclic) bond motifs is 1. The monoisotopic (exact) mass is 488 g/mol. The molecule has 0 radical (unpaired) electrons. The molecular formula is C23H17FN8O4. The van der Waals surface area contributed by atoms with Crippen LogP contribution in [0, 0.1) is 29.8 Å². The molecule has 0 aliphatic heterocycles. The van der Waals surface area contributed by atoms with Crippen LogP contribution in [0.2, 0.25) is 0 Å². The number of halogens is 1. The van der Waals surface area contributed by atoms with Crippen molar-refractivity contribution in [2.24, 2.45) is 5.10 Å². The lowest BCUT2D eigenvalue weighted by molar-refractivity contribution is -0.384. The predicted octanol–water partition coefficient (Wildman–Crippen LogP) is 5.13. The second-order valence-electron chi connectivity index (χ2n) is 7.75. The lowest BCUT2D eigenvalue weighted by atomic mass is 10.0. The molecule has 0 atom stereocenters. The quantitative estimate of drug-likeness (QED) is 0.179. The first-order valence-electron chi connectivity index (χ1n) is 10.6. The molecule has 3 heterocycles. The Morgan fingerprint density at radius 3 is 2.42 bits per heavy atom. The fraction of sp³-hybridized carbons (Fsp3) is 0.0870. The first-order chi connectivity index (χ1) is 17.4. The number of anilines is 3. The van der Waals surface area contributed by atoms with E-state index in [4.69, 9.17) is 4.42 Å². The summed E-state index contributed by atoms with van der Waals surface area (Å²) in [6.07, 6.45) is 1.38. The van der Waals surface area contributed by atoms with Gasteiger partial charge >= 0.3 is 0 Å². The fourth-order valence-corrected chi connectivity index (χ4v) is 3.35. The Bertz CT molecular complexity index is 1610. The smallest absolute Gasteiger partial charge is 0.280 e. The highest BCUT2D eigenvalue weighted by molar-refractivity contribution is 5.81. The Hall–Kier alpha value is -5.20. The molecule has 3 aromatic heterocycles. The summed E-state index contributed by atoms with van der Waals surface area (Å²) in [6, 6.07) is 12.2. The molecule has 13 heteroatoms. The van der Waals surface area contributed by atoms with Crippen LogP contribution in [-0.4, -0.2) is 31.4 Å². The van der Waals surface area contributed by atoms with Crippen molar-refractivity contribution in [3.8, 4) is 11.3 Å². The Labute approximate surface area is 202 Å². The van der Waals surface area contributed by atoms with Gasteiger partial charge in [-0.05, 0) is 77.8 Å². The van der Waals surface area contributed by atoms with Gasteiger partial charge in [0, 0.05) is 11.8 Å². The van der Waals surface area contributed by atoms with Gasteiger partial charge in [-0.3, -0.25) is 15.5 Å². The summed E-state index contributed by atoms with van der Waals surface area (Å²) in [5.74, 6) is 0.730. The minimum Gasteiger partial charge on any atom is -0.455 e. The zero-order valence-electron chi connectivity index (χ0n) is 18.9. The zero-order valence-corrected chi connectivity index (χ0v) is 18.9. The molecule has 5 aromatic rings. The number of rotatable bonds is 7. The number of nitrogens with one attached hydrogen (secondary N) is 2. The van der Waals surface area contributed by atoms with Crippen LogP contribution < -0.4 is 10.7 Å². The number of benzene rings is 2. The molecule has 5 rings (SSSR count). The summed E-state index contributed by atoms with van der Waals surface area (Å²) < 4.78 is 23.7. The molecule has 0 spiro atoms. The van der Waals surface area contributed by atoms with E-state index in [1.165, 1.54) is 36.5 Å². The molecule has 180 valence electrons. The second-order valence-corrected chi connectivity index (χ2v) is 7.75. The number of nitrogens with zero attached hydrogens (tertiary/aromatic N) is 6. The Morgan fingerprint density at radius 1 is 1.00 bits per heavy atom. The maximum absolute atomic E-state index is 13.2. The molecule has 36 heavy (non-hydrogen) atoms. The van der Waals surface area contributed by atoms with E-state index in [9.17, 15) is 14.5 Å². The van der Waals surface area contributed by atoms with Crippen molar-refractivity contribution in [1.82, 2.24) is 20.3 Å². The second kappa shape index (κ2) is 9.21. The maximum atomic E-state index is 13.2. The zero-order chi connectivity index (χ0) is 25.2. The maximum Gasteiger partial charge on any atom is 0.280 e. The van der Waals surface area contributed by atoms with Crippen LogP contribution in [0.5, 0.6) is 0 Å². The van der Waals surface area contributed by atoms with Crippen molar-refractivity contribution >= 4 is 40.5 Å². The van der Waals surface area contributed by atoms with Crippen LogP contribution in [-0.2, 0) is 0 Å². The van der Waals surface area contributed by atoms with E-state index in [1.54, 1.807) is 18.2 Å². The van der Waals surface area contributed by atoms with Crippen molar-refractivity contribution in [1.29, 1.82) is 0 Å². The minimum atomic E-state index is -0.442. The third-order valence-corrected chi connectivity index (χ3v) is 5.28. The number of aromatic nitrogens is 4. The summed E-state index contributed by atoms with van der Waals surface area (Å²) in [6.45, 7) is 3.68. The van der Waals surface area contributed by atoms with Crippen molar-refractivity contribution < 1.29 is 18.4 Å². The number of hydrogen-bond acceptors (Lipinski definition) is 11. The highest BCUT2D eigenvalue weighted by Crippen LogP contribution is 2.33. The van der Waals surface area contributed by atoms with E-state index in [2.05, 4.69) is 40.8 Å². The number of hydrazone groups is 1. The van der Waals surface area contributed by atoms with E-state index in [0.717, 1.165) is 11.1 Å². The lowest BCUT2D eigenvalue weighted by Crippen LogP contribution is -2.03. The van der Waals surface area contributed by atoms with Crippen molar-refractivity contribution in [3.05, 3.63) is 81.3 Å². The van der Waals surface area contributed by atoms with Crippen molar-refractivity contribution in [2.75, 3.05) is 10.7 Å². The van der Waals surface area contributed by atoms with Crippen LogP contribution in [0.4, 0.5) is 27.4 Å². The van der Waals surface area contributed by atoms with Gasteiger partial charge in [0.2, 0.25) is 11.3 Å². The van der Waals surface area contributed by atoms with Crippen LogP contribution in [0.3, 0.4) is 0 Å². The number of hydrogen-bond donors (Lipinski definition) is 2.